The van der Waals surface area contributed by atoms with Crippen LogP contribution in [0.5, 0.6) is 0 Å². The molecule has 1 N–H and O–H groups in total. The van der Waals surface area contributed by atoms with Crippen molar-refractivity contribution >= 4 is 23.2 Å². The van der Waals surface area contributed by atoms with Crippen LogP contribution in [0, 0.1) is 28.5 Å². The van der Waals surface area contributed by atoms with E-state index in [0.717, 1.165) is 0 Å². The number of nitrogens with one attached hydrogen (secondary N) is 1. The summed E-state index contributed by atoms with van der Waals surface area (Å²) in [5.74, 6) is -0.823. The minimum absolute atomic E-state index is 0.0107. The van der Waals surface area contributed by atoms with Gasteiger partial charge >= 0.3 is 0 Å². The molecule has 0 unspecified atom stereocenters. The molecular formula is C14H14ClFN4O. The van der Waals surface area contributed by atoms with Crippen LogP contribution in [0.25, 0.3) is 0 Å². The van der Waals surface area contributed by atoms with Crippen molar-refractivity contribution in [3.05, 3.63) is 29.0 Å². The minimum Gasteiger partial charge on any atom is -0.376 e. The van der Waals surface area contributed by atoms with E-state index in [2.05, 4.69) is 5.32 Å². The van der Waals surface area contributed by atoms with E-state index in [1.54, 1.807) is 6.07 Å². The topological polar surface area (TPSA) is 79.9 Å². The third kappa shape index (κ3) is 5.68. The Morgan fingerprint density at radius 3 is 2.43 bits per heavy atom. The Morgan fingerprint density at radius 1 is 1.29 bits per heavy atom. The monoisotopic (exact) mass is 308 g/mol. The maximum atomic E-state index is 13.3. The first kappa shape index (κ1) is 16.7. The zero-order valence-corrected chi connectivity index (χ0v) is 12.0. The molecule has 0 saturated carbocycles. The Hall–Kier alpha value is -2.31. The van der Waals surface area contributed by atoms with Gasteiger partial charge in [-0.3, -0.25) is 4.79 Å². The van der Waals surface area contributed by atoms with E-state index in [9.17, 15) is 9.18 Å². The molecule has 110 valence electrons. The Kier molecular flexibility index (Phi) is 7.00. The van der Waals surface area contributed by atoms with Crippen LogP contribution in [0.15, 0.2) is 18.2 Å². The van der Waals surface area contributed by atoms with Gasteiger partial charge in [0.05, 0.1) is 36.5 Å². The average Bonchev–Trinajstić information content (AvgIpc) is 2.48. The van der Waals surface area contributed by atoms with Gasteiger partial charge in [-0.05, 0) is 18.2 Å². The van der Waals surface area contributed by atoms with Crippen molar-refractivity contribution in [1.82, 2.24) is 4.90 Å². The molecule has 0 heterocycles. The Labute approximate surface area is 127 Å². The van der Waals surface area contributed by atoms with Gasteiger partial charge in [0.1, 0.15) is 5.82 Å². The van der Waals surface area contributed by atoms with Crippen LogP contribution in [0.1, 0.15) is 12.8 Å². The number of benzene rings is 1. The van der Waals surface area contributed by atoms with Crippen molar-refractivity contribution in [3.8, 4) is 12.1 Å². The first-order valence-electron chi connectivity index (χ1n) is 6.29. The third-order valence-corrected chi connectivity index (χ3v) is 3.01. The van der Waals surface area contributed by atoms with Gasteiger partial charge < -0.3 is 10.2 Å². The van der Waals surface area contributed by atoms with Crippen molar-refractivity contribution in [2.75, 3.05) is 25.0 Å². The molecule has 1 amide bonds. The van der Waals surface area contributed by atoms with Crippen LogP contribution in [0.3, 0.4) is 0 Å². The third-order valence-electron chi connectivity index (χ3n) is 2.70. The van der Waals surface area contributed by atoms with E-state index in [4.69, 9.17) is 22.1 Å². The molecule has 0 fully saturated rings. The molecule has 1 aromatic rings. The van der Waals surface area contributed by atoms with Gasteiger partial charge in [0, 0.05) is 18.8 Å². The molecule has 0 spiro atoms. The summed E-state index contributed by atoms with van der Waals surface area (Å²) >= 11 is 5.57. The molecule has 0 bridgehead atoms. The van der Waals surface area contributed by atoms with Crippen LogP contribution in [0.4, 0.5) is 10.1 Å². The van der Waals surface area contributed by atoms with Crippen LogP contribution in [-0.2, 0) is 4.79 Å². The zero-order chi connectivity index (χ0) is 15.7. The molecule has 0 atom stereocenters. The fraction of sp³-hybridized carbons (Fsp3) is 0.357. The molecular weight excluding hydrogens is 295 g/mol. The molecule has 5 nitrogen and oxygen atoms in total. The number of carbonyl (C=O) groups excluding carboxylic acids is 1. The minimum atomic E-state index is -0.570. The van der Waals surface area contributed by atoms with Crippen molar-refractivity contribution < 1.29 is 9.18 Å². The number of hydrogen-bond acceptors (Lipinski definition) is 4. The number of hydrogen-bond donors (Lipinski definition) is 1. The summed E-state index contributed by atoms with van der Waals surface area (Å²) in [6.45, 7) is 0.499. The molecule has 1 aromatic carbocycles. The summed E-state index contributed by atoms with van der Waals surface area (Å²) < 4.78 is 13.3. The van der Waals surface area contributed by atoms with E-state index in [1.165, 1.54) is 17.0 Å². The van der Waals surface area contributed by atoms with Crippen molar-refractivity contribution in [2.24, 2.45) is 0 Å². The predicted octanol–water partition coefficient (Wildman–Crippen LogP) is 2.55. The average molecular weight is 309 g/mol. The first-order chi connectivity index (χ1) is 10.1. The lowest BCUT2D eigenvalue weighted by Crippen LogP contribution is -2.36. The van der Waals surface area contributed by atoms with Crippen LogP contribution < -0.4 is 5.32 Å². The second kappa shape index (κ2) is 8.78. The Balaban J connectivity index is 2.57. The lowest BCUT2D eigenvalue weighted by Gasteiger charge is -2.20. The SMILES string of the molecule is N#CCCN(CCC#N)C(=O)CNc1ccc(Cl)c(F)c1. The number of nitriles is 2. The zero-order valence-electron chi connectivity index (χ0n) is 11.3. The highest BCUT2D eigenvalue weighted by atomic mass is 35.5. The number of anilines is 1. The van der Waals surface area contributed by atoms with Crippen molar-refractivity contribution in [1.29, 1.82) is 10.5 Å². The maximum Gasteiger partial charge on any atom is 0.241 e. The van der Waals surface area contributed by atoms with E-state index in [0.29, 0.717) is 5.69 Å². The van der Waals surface area contributed by atoms with E-state index < -0.39 is 5.82 Å². The highest BCUT2D eigenvalue weighted by Crippen LogP contribution is 2.18. The van der Waals surface area contributed by atoms with E-state index in [-0.39, 0.29) is 43.4 Å². The van der Waals surface area contributed by atoms with E-state index >= 15 is 0 Å². The lowest BCUT2D eigenvalue weighted by molar-refractivity contribution is -0.129. The van der Waals surface area contributed by atoms with Gasteiger partial charge in [-0.2, -0.15) is 10.5 Å². The van der Waals surface area contributed by atoms with Crippen molar-refractivity contribution in [3.63, 3.8) is 0 Å². The maximum absolute atomic E-state index is 13.3. The first-order valence-corrected chi connectivity index (χ1v) is 6.67. The summed E-state index contributed by atoms with van der Waals surface area (Å²) in [6, 6.07) is 8.07. The number of carbonyl (C=O) groups is 1. The van der Waals surface area contributed by atoms with Crippen molar-refractivity contribution in [2.45, 2.75) is 12.8 Å². The van der Waals surface area contributed by atoms with Gasteiger partial charge in [0.15, 0.2) is 0 Å². The van der Waals surface area contributed by atoms with Gasteiger partial charge in [-0.1, -0.05) is 11.6 Å². The molecule has 0 aliphatic carbocycles. The number of amides is 1. The summed E-state index contributed by atoms with van der Waals surface area (Å²) in [4.78, 5) is 13.4. The number of nitrogens with zero attached hydrogens (tertiary/aromatic N) is 3. The molecule has 0 aromatic heterocycles. The Morgan fingerprint density at radius 2 is 1.90 bits per heavy atom. The molecule has 0 radical (unpaired) electrons. The van der Waals surface area contributed by atoms with Crippen LogP contribution in [0.2, 0.25) is 5.02 Å². The van der Waals surface area contributed by atoms with Crippen LogP contribution in [-0.4, -0.2) is 30.4 Å². The van der Waals surface area contributed by atoms with Gasteiger partial charge in [0.2, 0.25) is 5.91 Å². The fourth-order valence-corrected chi connectivity index (χ4v) is 1.74. The normalized spacial score (nSPS) is 9.52. The highest BCUT2D eigenvalue weighted by molar-refractivity contribution is 6.30. The number of halogens is 2. The van der Waals surface area contributed by atoms with Crippen LogP contribution >= 0.6 is 11.6 Å². The largest absolute Gasteiger partial charge is 0.376 e. The summed E-state index contributed by atoms with van der Waals surface area (Å²) in [5.41, 5.74) is 0.436. The molecule has 0 aliphatic heterocycles. The van der Waals surface area contributed by atoms with Gasteiger partial charge in [-0.25, -0.2) is 4.39 Å². The predicted molar refractivity (Wildman–Crippen MR) is 76.9 cm³/mol. The molecule has 21 heavy (non-hydrogen) atoms. The van der Waals surface area contributed by atoms with Gasteiger partial charge in [0.25, 0.3) is 0 Å². The second-order valence-corrected chi connectivity index (χ2v) is 4.59. The highest BCUT2D eigenvalue weighted by Gasteiger charge is 2.12. The van der Waals surface area contributed by atoms with Gasteiger partial charge in [-0.15, -0.1) is 0 Å². The molecule has 7 heteroatoms. The van der Waals surface area contributed by atoms with E-state index in [1.807, 2.05) is 12.1 Å². The molecule has 1 rings (SSSR count). The Bertz CT molecular complexity index is 561. The summed E-state index contributed by atoms with van der Waals surface area (Å²) in [6.07, 6.45) is 0.402. The lowest BCUT2D eigenvalue weighted by atomic mass is 10.3. The molecule has 0 aliphatic rings. The number of rotatable bonds is 7. The summed E-state index contributed by atoms with van der Waals surface area (Å²) in [7, 11) is 0. The summed E-state index contributed by atoms with van der Waals surface area (Å²) in [5, 5.41) is 19.9. The smallest absolute Gasteiger partial charge is 0.241 e. The fourth-order valence-electron chi connectivity index (χ4n) is 1.63. The quantitative estimate of drug-likeness (QED) is 0.839. The second-order valence-electron chi connectivity index (χ2n) is 4.18. The standard InChI is InChI=1S/C14H14ClFN4O/c15-12-4-3-11(9-13(12)16)19-10-14(21)20(7-1-5-17)8-2-6-18/h3-4,9,19H,1-2,7-8,10H2. The molecule has 0 saturated heterocycles.